The van der Waals surface area contributed by atoms with E-state index in [0.29, 0.717) is 22.3 Å². The molecule has 8 aromatic carbocycles. The summed E-state index contributed by atoms with van der Waals surface area (Å²) in [7, 11) is 0. The van der Waals surface area contributed by atoms with Gasteiger partial charge in [-0.25, -0.2) is 0 Å². The summed E-state index contributed by atoms with van der Waals surface area (Å²) in [4.78, 5) is 62.8. The van der Waals surface area contributed by atoms with E-state index in [1.54, 1.807) is 22.7 Å². The van der Waals surface area contributed by atoms with Crippen LogP contribution in [-0.2, 0) is 5.41 Å². The second-order valence-corrected chi connectivity index (χ2v) is 26.0. The number of carbonyl (C=O) groups excluding carboxylic acids is 4. The van der Waals surface area contributed by atoms with E-state index in [2.05, 4.69) is 74.5 Å². The molecule has 10 aromatic rings. The van der Waals surface area contributed by atoms with E-state index in [1.165, 1.54) is 86.5 Å². The van der Waals surface area contributed by atoms with Crippen LogP contribution in [0.25, 0.3) is 88.7 Å². The number of fused-ring (bicyclic) bond motifs is 5. The Balaban J connectivity index is 0.852. The minimum Gasteiger partial charge on any atom is -0.288 e. The summed E-state index contributed by atoms with van der Waals surface area (Å²) in [6.07, 6.45) is 20.3. The molecule has 0 amide bonds. The SMILES string of the molecule is CCCCCCCCC1(CCCCCCCC)c2cc(-c3ccc(C=C4C(=O)c5c(-c6ccccc6)ccc(-c6ccccc6)c5C4=O)s3)ccc2-c2ccc(-c3ccc(C=C4C(=O)c5c(-c6ccccc6)ccc(-c6ccccc6)c5C4=O)s3)cc21. The first-order valence-electron chi connectivity index (χ1n) is 31.4. The van der Waals surface area contributed by atoms with Crippen molar-refractivity contribution in [3.8, 4) is 76.5 Å². The zero-order valence-corrected chi connectivity index (χ0v) is 51.3. The molecule has 430 valence electrons. The quantitative estimate of drug-likeness (QED) is 0.0385. The predicted octanol–water partition coefficient (Wildman–Crippen LogP) is 22.5. The minimum atomic E-state index is -0.235. The van der Waals surface area contributed by atoms with Crippen LogP contribution >= 0.6 is 22.7 Å². The lowest BCUT2D eigenvalue weighted by atomic mass is 9.70. The van der Waals surface area contributed by atoms with Crippen molar-refractivity contribution in [1.29, 1.82) is 0 Å². The Kier molecular flexibility index (Phi) is 16.7. The molecule has 2 heterocycles. The third kappa shape index (κ3) is 11.0. The van der Waals surface area contributed by atoms with Crippen LogP contribution in [0.4, 0.5) is 0 Å². The highest BCUT2D eigenvalue weighted by molar-refractivity contribution is 7.16. The Hall–Kier alpha value is -8.68. The van der Waals surface area contributed by atoms with Gasteiger partial charge in [0.05, 0.1) is 11.1 Å². The minimum absolute atomic E-state index is 0.200. The zero-order valence-electron chi connectivity index (χ0n) is 49.6. The summed E-state index contributed by atoms with van der Waals surface area (Å²) in [5.41, 5.74) is 16.4. The van der Waals surface area contributed by atoms with E-state index in [-0.39, 0.29) is 39.7 Å². The van der Waals surface area contributed by atoms with Gasteiger partial charge in [-0.3, -0.25) is 19.2 Å². The number of unbranched alkanes of at least 4 members (excludes halogenated alkanes) is 10. The fraction of sp³-hybridized carbons (Fsp3) is 0.210. The molecule has 0 unspecified atom stereocenters. The number of carbonyl (C=O) groups is 4. The summed E-state index contributed by atoms with van der Waals surface area (Å²) < 4.78 is 0. The Labute approximate surface area is 520 Å². The molecule has 0 radical (unpaired) electrons. The predicted molar refractivity (Wildman–Crippen MR) is 363 cm³/mol. The van der Waals surface area contributed by atoms with Gasteiger partial charge in [0.1, 0.15) is 0 Å². The highest BCUT2D eigenvalue weighted by atomic mass is 32.1. The molecular weight excluding hydrogens is 1100 g/mol. The van der Waals surface area contributed by atoms with Crippen molar-refractivity contribution < 1.29 is 19.2 Å². The molecular formula is C81H70O4S2. The number of Topliss-reactive ketones (excluding diaryl/α,β-unsaturated/α-hetero) is 4. The lowest BCUT2D eigenvalue weighted by Gasteiger charge is -2.33. The number of ketones is 4. The van der Waals surface area contributed by atoms with E-state index in [0.717, 1.165) is 101 Å². The summed E-state index contributed by atoms with van der Waals surface area (Å²) in [5.74, 6) is -0.939. The Morgan fingerprint density at radius 2 is 0.609 bits per heavy atom. The molecule has 0 aliphatic heterocycles. The summed E-state index contributed by atoms with van der Waals surface area (Å²) in [5, 5.41) is 0. The van der Waals surface area contributed by atoms with E-state index >= 15 is 0 Å². The first kappa shape index (κ1) is 57.4. The first-order chi connectivity index (χ1) is 42.7. The van der Waals surface area contributed by atoms with Gasteiger partial charge in [-0.15, -0.1) is 22.7 Å². The van der Waals surface area contributed by atoms with Gasteiger partial charge in [-0.1, -0.05) is 261 Å². The molecule has 6 heteroatoms. The average molecular weight is 1170 g/mol. The molecule has 0 saturated carbocycles. The van der Waals surface area contributed by atoms with Crippen molar-refractivity contribution in [2.45, 2.75) is 109 Å². The van der Waals surface area contributed by atoms with Crippen molar-refractivity contribution >= 4 is 58.0 Å². The lowest BCUT2D eigenvalue weighted by molar-refractivity contribution is 0.0975. The van der Waals surface area contributed by atoms with E-state index in [4.69, 9.17) is 0 Å². The lowest BCUT2D eigenvalue weighted by Crippen LogP contribution is -2.25. The van der Waals surface area contributed by atoms with Crippen molar-refractivity contribution in [3.05, 3.63) is 261 Å². The first-order valence-corrected chi connectivity index (χ1v) is 33.1. The normalized spacial score (nSPS) is 13.7. The molecule has 0 spiro atoms. The zero-order chi connectivity index (χ0) is 59.4. The Morgan fingerprint density at radius 1 is 0.310 bits per heavy atom. The number of thiophene rings is 2. The summed E-state index contributed by atoms with van der Waals surface area (Å²) in [6.45, 7) is 4.56. The topological polar surface area (TPSA) is 68.3 Å². The molecule has 87 heavy (non-hydrogen) atoms. The van der Waals surface area contributed by atoms with Gasteiger partial charge in [0.15, 0.2) is 23.1 Å². The van der Waals surface area contributed by atoms with Crippen LogP contribution in [-0.4, -0.2) is 23.1 Å². The smallest absolute Gasteiger partial charge is 0.198 e. The number of benzene rings is 8. The highest BCUT2D eigenvalue weighted by Gasteiger charge is 2.44. The molecule has 0 bridgehead atoms. The van der Waals surface area contributed by atoms with Crippen LogP contribution < -0.4 is 0 Å². The van der Waals surface area contributed by atoms with Gasteiger partial charge in [-0.2, -0.15) is 0 Å². The second kappa shape index (κ2) is 25.3. The maximum Gasteiger partial charge on any atom is 0.198 e. The maximum absolute atomic E-state index is 14.7. The molecule has 2 aromatic heterocycles. The number of allylic oxidation sites excluding steroid dienone is 2. The summed E-state index contributed by atoms with van der Waals surface area (Å²) >= 11 is 3.25. The Bertz CT molecular complexity index is 3870. The van der Waals surface area contributed by atoms with Gasteiger partial charge in [0.2, 0.25) is 0 Å². The van der Waals surface area contributed by atoms with E-state index in [1.807, 2.05) is 158 Å². The van der Waals surface area contributed by atoms with Gasteiger partial charge in [-0.05, 0) is 139 Å². The number of hydrogen-bond donors (Lipinski definition) is 0. The maximum atomic E-state index is 14.7. The molecule has 3 aliphatic rings. The average Bonchev–Trinajstić information content (AvgIpc) is 1.62. The van der Waals surface area contributed by atoms with Crippen LogP contribution in [0.3, 0.4) is 0 Å². The number of rotatable bonds is 22. The van der Waals surface area contributed by atoms with E-state index < -0.39 is 0 Å². The van der Waals surface area contributed by atoms with Crippen molar-refractivity contribution in [2.24, 2.45) is 0 Å². The molecule has 0 atom stereocenters. The van der Waals surface area contributed by atoms with Gasteiger partial charge in [0, 0.05) is 47.2 Å². The van der Waals surface area contributed by atoms with Crippen LogP contribution in [0.1, 0.15) is 166 Å². The molecule has 4 nitrogen and oxygen atoms in total. The van der Waals surface area contributed by atoms with Gasteiger partial charge >= 0.3 is 0 Å². The standard InChI is InChI=1S/C81H70O4S2/c1-3-5-7-9-11-25-47-81(48-26-12-10-8-6-4-2)69-49-57(71-45-37-59(86-71)51-67-77(82)73-61(53-27-17-13-18-28-53)41-42-62(74(73)78(67)83)54-29-19-14-20-30-54)35-39-65(69)66-40-36-58(50-70(66)81)72-46-38-60(87-72)52-68-79(84)75-63(55-31-21-15-22-32-55)43-44-64(76(75)80(68)85)56-33-23-16-24-34-56/h13-24,27-46,49-52H,3-12,25-26,47-48H2,1-2H3. The van der Waals surface area contributed by atoms with Crippen LogP contribution in [0.15, 0.2) is 217 Å². The van der Waals surface area contributed by atoms with Crippen LogP contribution in [0.2, 0.25) is 0 Å². The van der Waals surface area contributed by atoms with Crippen molar-refractivity contribution in [1.82, 2.24) is 0 Å². The van der Waals surface area contributed by atoms with Crippen LogP contribution in [0, 0.1) is 0 Å². The van der Waals surface area contributed by atoms with Crippen LogP contribution in [0.5, 0.6) is 0 Å². The third-order valence-corrected chi connectivity index (χ3v) is 20.5. The van der Waals surface area contributed by atoms with E-state index in [9.17, 15) is 19.2 Å². The van der Waals surface area contributed by atoms with Crippen molar-refractivity contribution in [3.63, 3.8) is 0 Å². The third-order valence-electron chi connectivity index (χ3n) is 18.3. The monoisotopic (exact) mass is 1170 g/mol. The summed E-state index contributed by atoms with van der Waals surface area (Å²) in [6, 6.07) is 70.1. The van der Waals surface area contributed by atoms with Gasteiger partial charge < -0.3 is 0 Å². The largest absolute Gasteiger partial charge is 0.288 e. The molecule has 0 saturated heterocycles. The molecule has 0 N–H and O–H groups in total. The second-order valence-electron chi connectivity index (χ2n) is 23.8. The fourth-order valence-electron chi connectivity index (χ4n) is 13.9. The fourth-order valence-corrected chi connectivity index (χ4v) is 15.8. The highest BCUT2D eigenvalue weighted by Crippen LogP contribution is 2.57. The van der Waals surface area contributed by atoms with Crippen molar-refractivity contribution in [2.75, 3.05) is 0 Å². The molecule has 0 fully saturated rings. The number of hydrogen-bond acceptors (Lipinski definition) is 6. The Morgan fingerprint density at radius 3 is 0.931 bits per heavy atom. The molecule has 3 aliphatic carbocycles. The van der Waals surface area contributed by atoms with Gasteiger partial charge in [0.25, 0.3) is 0 Å². The molecule has 13 rings (SSSR count).